The normalized spacial score (nSPS) is 10.2. The Morgan fingerprint density at radius 1 is 1.31 bits per heavy atom. The highest BCUT2D eigenvalue weighted by Crippen LogP contribution is 2.02. The predicted molar refractivity (Wildman–Crippen MR) is 49.3 cm³/mol. The number of aromatic nitrogens is 3. The molecule has 0 saturated carbocycles. The topological polar surface area (TPSA) is 56.7 Å². The molecule has 2 N–H and O–H groups in total. The summed E-state index contributed by atoms with van der Waals surface area (Å²) < 4.78 is 1.71. The lowest BCUT2D eigenvalue weighted by Crippen LogP contribution is -2.01. The van der Waals surface area contributed by atoms with Gasteiger partial charge in [0.15, 0.2) is 5.82 Å². The summed E-state index contributed by atoms with van der Waals surface area (Å²) in [7, 11) is 0. The Balaban J connectivity index is 2.36. The Kier molecular flexibility index (Phi) is 2.06. The molecule has 2 aromatic heterocycles. The standard InChI is InChI=1S/C9H10N4/c10-7-8-4-6-13(12-8)9-3-1-2-5-11-9/h1-6H,7,10H2. The van der Waals surface area contributed by atoms with E-state index in [0.29, 0.717) is 6.54 Å². The van der Waals surface area contributed by atoms with Gasteiger partial charge in [-0.15, -0.1) is 0 Å². The number of pyridine rings is 1. The summed E-state index contributed by atoms with van der Waals surface area (Å²) in [5.41, 5.74) is 6.31. The Bertz CT molecular complexity index is 380. The molecule has 13 heavy (non-hydrogen) atoms. The second-order valence-corrected chi connectivity index (χ2v) is 2.64. The van der Waals surface area contributed by atoms with Crippen LogP contribution in [0.25, 0.3) is 5.82 Å². The minimum atomic E-state index is 0.458. The van der Waals surface area contributed by atoms with Crippen LogP contribution in [0.15, 0.2) is 36.7 Å². The van der Waals surface area contributed by atoms with Crippen LogP contribution in [-0.2, 0) is 6.54 Å². The molecule has 0 amide bonds. The van der Waals surface area contributed by atoms with Crippen molar-refractivity contribution in [3.8, 4) is 5.82 Å². The first-order valence-corrected chi connectivity index (χ1v) is 4.06. The van der Waals surface area contributed by atoms with Crippen molar-refractivity contribution in [1.82, 2.24) is 14.8 Å². The lowest BCUT2D eigenvalue weighted by Gasteiger charge is -1.97. The van der Waals surface area contributed by atoms with Crippen LogP contribution in [0.4, 0.5) is 0 Å². The molecule has 4 heteroatoms. The third-order valence-corrected chi connectivity index (χ3v) is 1.74. The summed E-state index contributed by atoms with van der Waals surface area (Å²) in [6.07, 6.45) is 3.59. The van der Waals surface area contributed by atoms with Crippen LogP contribution in [0.2, 0.25) is 0 Å². The molecule has 0 spiro atoms. The third-order valence-electron chi connectivity index (χ3n) is 1.74. The highest BCUT2D eigenvalue weighted by atomic mass is 15.3. The molecule has 0 bridgehead atoms. The predicted octanol–water partition coefficient (Wildman–Crippen LogP) is 0.726. The van der Waals surface area contributed by atoms with Gasteiger partial charge in [0.1, 0.15) is 0 Å². The van der Waals surface area contributed by atoms with E-state index in [0.717, 1.165) is 11.5 Å². The highest BCUT2D eigenvalue weighted by molar-refractivity contribution is 5.20. The first kappa shape index (κ1) is 7.94. The molecule has 2 aromatic rings. The number of nitrogens with two attached hydrogens (primary N) is 1. The molecular weight excluding hydrogens is 164 g/mol. The lowest BCUT2D eigenvalue weighted by molar-refractivity contribution is 0.810. The second-order valence-electron chi connectivity index (χ2n) is 2.64. The van der Waals surface area contributed by atoms with E-state index in [2.05, 4.69) is 10.1 Å². The molecule has 0 atom stereocenters. The Morgan fingerprint density at radius 2 is 2.23 bits per heavy atom. The van der Waals surface area contributed by atoms with Gasteiger partial charge in [-0.05, 0) is 18.2 Å². The molecule has 4 nitrogen and oxygen atoms in total. The first-order chi connectivity index (χ1) is 6.40. The smallest absolute Gasteiger partial charge is 0.153 e. The Labute approximate surface area is 76.0 Å². The third kappa shape index (κ3) is 1.57. The summed E-state index contributed by atoms with van der Waals surface area (Å²) in [5.74, 6) is 0.808. The summed E-state index contributed by atoms with van der Waals surface area (Å²) in [6.45, 7) is 0.458. The van der Waals surface area contributed by atoms with Gasteiger partial charge >= 0.3 is 0 Å². The first-order valence-electron chi connectivity index (χ1n) is 4.06. The average Bonchev–Trinajstić information content (AvgIpc) is 2.67. The van der Waals surface area contributed by atoms with Crippen molar-refractivity contribution in [1.29, 1.82) is 0 Å². The molecule has 0 unspecified atom stereocenters. The van der Waals surface area contributed by atoms with Crippen LogP contribution < -0.4 is 5.73 Å². The Hall–Kier alpha value is -1.68. The SMILES string of the molecule is NCc1ccn(-c2ccccn2)n1. The van der Waals surface area contributed by atoms with Crippen molar-refractivity contribution in [2.24, 2.45) is 5.73 Å². The van der Waals surface area contributed by atoms with Gasteiger partial charge in [0, 0.05) is 18.9 Å². The molecule has 0 radical (unpaired) electrons. The molecule has 2 rings (SSSR count). The number of hydrogen-bond acceptors (Lipinski definition) is 3. The second kappa shape index (κ2) is 3.37. The lowest BCUT2D eigenvalue weighted by atomic mass is 10.4. The number of hydrogen-bond donors (Lipinski definition) is 1. The zero-order valence-electron chi connectivity index (χ0n) is 7.09. The largest absolute Gasteiger partial charge is 0.325 e. The van der Waals surface area contributed by atoms with Gasteiger partial charge in [-0.25, -0.2) is 9.67 Å². The molecule has 66 valence electrons. The van der Waals surface area contributed by atoms with Gasteiger partial charge in [0.2, 0.25) is 0 Å². The summed E-state index contributed by atoms with van der Waals surface area (Å²) in [6, 6.07) is 7.57. The minimum Gasteiger partial charge on any atom is -0.325 e. The van der Waals surface area contributed by atoms with Crippen LogP contribution >= 0.6 is 0 Å². The number of nitrogens with zero attached hydrogens (tertiary/aromatic N) is 3. The average molecular weight is 174 g/mol. The fraction of sp³-hybridized carbons (Fsp3) is 0.111. The summed E-state index contributed by atoms with van der Waals surface area (Å²) in [5, 5.41) is 4.23. The van der Waals surface area contributed by atoms with E-state index in [4.69, 9.17) is 5.73 Å². The van der Waals surface area contributed by atoms with Crippen molar-refractivity contribution in [3.05, 3.63) is 42.4 Å². The molecule has 0 saturated heterocycles. The van der Waals surface area contributed by atoms with Crippen LogP contribution in [0, 0.1) is 0 Å². The van der Waals surface area contributed by atoms with E-state index in [1.54, 1.807) is 10.9 Å². The Morgan fingerprint density at radius 3 is 2.85 bits per heavy atom. The molecule has 2 heterocycles. The van der Waals surface area contributed by atoms with Gasteiger partial charge in [-0.1, -0.05) is 6.07 Å². The quantitative estimate of drug-likeness (QED) is 0.730. The zero-order valence-corrected chi connectivity index (χ0v) is 7.09. The summed E-state index contributed by atoms with van der Waals surface area (Å²) >= 11 is 0. The van der Waals surface area contributed by atoms with E-state index in [1.165, 1.54) is 0 Å². The molecule has 0 fully saturated rings. The van der Waals surface area contributed by atoms with Crippen molar-refractivity contribution in [2.75, 3.05) is 0 Å². The minimum absolute atomic E-state index is 0.458. The van der Waals surface area contributed by atoms with Crippen molar-refractivity contribution in [2.45, 2.75) is 6.54 Å². The number of rotatable bonds is 2. The fourth-order valence-electron chi connectivity index (χ4n) is 1.09. The van der Waals surface area contributed by atoms with Crippen molar-refractivity contribution in [3.63, 3.8) is 0 Å². The van der Waals surface area contributed by atoms with E-state index in [9.17, 15) is 0 Å². The zero-order chi connectivity index (χ0) is 9.10. The van der Waals surface area contributed by atoms with E-state index in [-0.39, 0.29) is 0 Å². The van der Waals surface area contributed by atoms with E-state index < -0.39 is 0 Å². The van der Waals surface area contributed by atoms with Gasteiger partial charge in [0.05, 0.1) is 5.69 Å². The van der Waals surface area contributed by atoms with Gasteiger partial charge in [0.25, 0.3) is 0 Å². The van der Waals surface area contributed by atoms with Gasteiger partial charge in [-0.2, -0.15) is 5.10 Å². The van der Waals surface area contributed by atoms with Gasteiger partial charge < -0.3 is 5.73 Å². The molecule has 0 aromatic carbocycles. The fourth-order valence-corrected chi connectivity index (χ4v) is 1.09. The maximum atomic E-state index is 5.44. The maximum absolute atomic E-state index is 5.44. The van der Waals surface area contributed by atoms with Crippen molar-refractivity contribution < 1.29 is 0 Å². The monoisotopic (exact) mass is 174 g/mol. The molecule has 0 aliphatic heterocycles. The molecule has 0 aliphatic rings. The summed E-state index contributed by atoms with van der Waals surface area (Å²) in [4.78, 5) is 4.16. The maximum Gasteiger partial charge on any atom is 0.153 e. The van der Waals surface area contributed by atoms with Gasteiger partial charge in [-0.3, -0.25) is 0 Å². The van der Waals surface area contributed by atoms with E-state index in [1.807, 2.05) is 30.5 Å². The van der Waals surface area contributed by atoms with E-state index >= 15 is 0 Å². The van der Waals surface area contributed by atoms with Crippen molar-refractivity contribution >= 4 is 0 Å². The van der Waals surface area contributed by atoms with Crippen LogP contribution in [0.3, 0.4) is 0 Å². The van der Waals surface area contributed by atoms with Crippen LogP contribution in [0.1, 0.15) is 5.69 Å². The molecular formula is C9H10N4. The highest BCUT2D eigenvalue weighted by Gasteiger charge is 1.98. The van der Waals surface area contributed by atoms with Crippen LogP contribution in [-0.4, -0.2) is 14.8 Å². The van der Waals surface area contributed by atoms with Crippen LogP contribution in [0.5, 0.6) is 0 Å². The molecule has 0 aliphatic carbocycles.